The van der Waals surface area contributed by atoms with Crippen molar-refractivity contribution < 1.29 is 15.3 Å². The van der Waals surface area contributed by atoms with E-state index in [4.69, 9.17) is 5.11 Å². The summed E-state index contributed by atoms with van der Waals surface area (Å²) in [7, 11) is 2.12. The van der Waals surface area contributed by atoms with E-state index in [9.17, 15) is 10.2 Å². The molecule has 0 saturated carbocycles. The maximum absolute atomic E-state index is 9.79. The molecule has 0 amide bonds. The Morgan fingerprint density at radius 2 is 1.63 bits per heavy atom. The van der Waals surface area contributed by atoms with Gasteiger partial charge in [-0.15, -0.1) is 0 Å². The molecule has 1 heterocycles. The van der Waals surface area contributed by atoms with Crippen molar-refractivity contribution >= 4 is 5.69 Å². The summed E-state index contributed by atoms with van der Waals surface area (Å²) in [5, 5.41) is 28.0. The number of anilines is 1. The molecular weight excluding hydrogens is 244 g/mol. The predicted molar refractivity (Wildman–Crippen MR) is 74.2 cm³/mol. The average Bonchev–Trinajstić information content (AvgIpc) is 2.46. The van der Waals surface area contributed by atoms with Gasteiger partial charge in [-0.25, -0.2) is 0 Å². The molecule has 106 valence electrons. The number of nitrogens with zero attached hydrogens (tertiary/aromatic N) is 2. The molecule has 1 aliphatic heterocycles. The second-order valence-electron chi connectivity index (χ2n) is 5.08. The van der Waals surface area contributed by atoms with E-state index in [1.807, 2.05) is 12.1 Å². The largest absolute Gasteiger partial charge is 0.394 e. The van der Waals surface area contributed by atoms with Crippen LogP contribution in [0.25, 0.3) is 0 Å². The van der Waals surface area contributed by atoms with Gasteiger partial charge >= 0.3 is 0 Å². The first-order valence-corrected chi connectivity index (χ1v) is 6.62. The number of aliphatic hydroxyl groups excluding tert-OH is 3. The topological polar surface area (TPSA) is 67.2 Å². The third kappa shape index (κ3) is 3.45. The first kappa shape index (κ1) is 14.3. The Hall–Kier alpha value is -1.14. The molecule has 0 spiro atoms. The lowest BCUT2D eigenvalue weighted by atomic mass is 10.0. The van der Waals surface area contributed by atoms with Gasteiger partial charge in [0.25, 0.3) is 0 Å². The lowest BCUT2D eigenvalue weighted by molar-refractivity contribution is -0.0152. The van der Waals surface area contributed by atoms with Crippen molar-refractivity contribution in [1.29, 1.82) is 0 Å². The molecule has 2 atom stereocenters. The van der Waals surface area contributed by atoms with Gasteiger partial charge in [-0.1, -0.05) is 12.1 Å². The van der Waals surface area contributed by atoms with Crippen LogP contribution in [-0.4, -0.2) is 66.2 Å². The van der Waals surface area contributed by atoms with E-state index in [1.54, 1.807) is 12.1 Å². The molecule has 1 aromatic carbocycles. The predicted octanol–water partition coefficient (Wildman–Crippen LogP) is -0.175. The molecule has 2 rings (SSSR count). The van der Waals surface area contributed by atoms with E-state index in [0.717, 1.165) is 31.9 Å². The number of benzene rings is 1. The Labute approximate surface area is 113 Å². The van der Waals surface area contributed by atoms with Crippen molar-refractivity contribution in [1.82, 2.24) is 4.90 Å². The molecule has 1 fully saturated rings. The monoisotopic (exact) mass is 266 g/mol. The minimum Gasteiger partial charge on any atom is -0.394 e. The summed E-state index contributed by atoms with van der Waals surface area (Å²) < 4.78 is 0. The van der Waals surface area contributed by atoms with Crippen LogP contribution in [0.5, 0.6) is 0 Å². The van der Waals surface area contributed by atoms with Crippen LogP contribution in [0.2, 0.25) is 0 Å². The van der Waals surface area contributed by atoms with E-state index < -0.39 is 18.8 Å². The van der Waals surface area contributed by atoms with Gasteiger partial charge < -0.3 is 25.1 Å². The summed E-state index contributed by atoms with van der Waals surface area (Å²) in [4.78, 5) is 4.60. The summed E-state index contributed by atoms with van der Waals surface area (Å²) in [5.41, 5.74) is 1.75. The fraction of sp³-hybridized carbons (Fsp3) is 0.571. The van der Waals surface area contributed by atoms with Gasteiger partial charge in [0.15, 0.2) is 0 Å². The molecule has 2 unspecified atom stereocenters. The summed E-state index contributed by atoms with van der Waals surface area (Å²) in [6, 6.07) is 7.51. The quantitative estimate of drug-likeness (QED) is 0.706. The third-order valence-electron chi connectivity index (χ3n) is 3.65. The van der Waals surface area contributed by atoms with Crippen molar-refractivity contribution in [3.05, 3.63) is 29.8 Å². The number of piperazine rings is 1. The van der Waals surface area contributed by atoms with Crippen molar-refractivity contribution in [3.8, 4) is 0 Å². The molecule has 1 saturated heterocycles. The van der Waals surface area contributed by atoms with Gasteiger partial charge in [-0.3, -0.25) is 0 Å². The zero-order chi connectivity index (χ0) is 13.8. The van der Waals surface area contributed by atoms with Gasteiger partial charge in [0.05, 0.1) is 6.61 Å². The average molecular weight is 266 g/mol. The van der Waals surface area contributed by atoms with Crippen molar-refractivity contribution in [2.75, 3.05) is 44.7 Å². The fourth-order valence-electron chi connectivity index (χ4n) is 2.27. The minimum absolute atomic E-state index is 0.443. The van der Waals surface area contributed by atoms with Crippen molar-refractivity contribution in [2.45, 2.75) is 12.2 Å². The molecule has 0 bridgehead atoms. The highest BCUT2D eigenvalue weighted by Gasteiger charge is 2.18. The zero-order valence-electron chi connectivity index (χ0n) is 11.2. The number of hydrogen-bond donors (Lipinski definition) is 3. The second kappa shape index (κ2) is 6.34. The molecule has 1 aromatic rings. The minimum atomic E-state index is -1.13. The highest BCUT2D eigenvalue weighted by molar-refractivity contribution is 5.48. The first-order chi connectivity index (χ1) is 9.11. The molecular formula is C14H22N2O3. The molecule has 0 aromatic heterocycles. The molecule has 5 nitrogen and oxygen atoms in total. The lowest BCUT2D eigenvalue weighted by Gasteiger charge is -2.34. The summed E-state index contributed by atoms with van der Waals surface area (Å²) in [6.07, 6.45) is -2.17. The van der Waals surface area contributed by atoms with Gasteiger partial charge in [0.2, 0.25) is 0 Å². The lowest BCUT2D eigenvalue weighted by Crippen LogP contribution is -2.44. The van der Waals surface area contributed by atoms with Crippen molar-refractivity contribution in [3.63, 3.8) is 0 Å². The standard InChI is InChI=1S/C14H22N2O3/c1-15-6-8-16(9-7-15)12-4-2-11(3-5-12)14(19)13(18)10-17/h2-5,13-14,17-19H,6-10H2,1H3. The van der Waals surface area contributed by atoms with Gasteiger partial charge in [0, 0.05) is 31.9 Å². The van der Waals surface area contributed by atoms with Crippen molar-refractivity contribution in [2.24, 2.45) is 0 Å². The number of hydrogen-bond acceptors (Lipinski definition) is 5. The van der Waals surface area contributed by atoms with Gasteiger partial charge in [-0.05, 0) is 24.7 Å². The number of likely N-dealkylation sites (N-methyl/N-ethyl adjacent to an activating group) is 1. The van der Waals surface area contributed by atoms with Crippen LogP contribution in [-0.2, 0) is 0 Å². The summed E-state index contributed by atoms with van der Waals surface area (Å²) >= 11 is 0. The molecule has 5 heteroatoms. The maximum Gasteiger partial charge on any atom is 0.107 e. The highest BCUT2D eigenvalue weighted by Crippen LogP contribution is 2.22. The van der Waals surface area contributed by atoms with E-state index in [2.05, 4.69) is 16.8 Å². The third-order valence-corrected chi connectivity index (χ3v) is 3.65. The first-order valence-electron chi connectivity index (χ1n) is 6.62. The molecule has 0 aliphatic carbocycles. The van der Waals surface area contributed by atoms with Gasteiger partial charge in [0.1, 0.15) is 12.2 Å². The van der Waals surface area contributed by atoms with Crippen LogP contribution in [0.15, 0.2) is 24.3 Å². The van der Waals surface area contributed by atoms with E-state index in [0.29, 0.717) is 5.56 Å². The Morgan fingerprint density at radius 3 is 2.16 bits per heavy atom. The molecule has 19 heavy (non-hydrogen) atoms. The second-order valence-corrected chi connectivity index (χ2v) is 5.08. The molecule has 0 radical (unpaired) electrons. The van der Waals surface area contributed by atoms with Crippen LogP contribution in [0.1, 0.15) is 11.7 Å². The van der Waals surface area contributed by atoms with E-state index in [-0.39, 0.29) is 0 Å². The molecule has 1 aliphatic rings. The Kier molecular flexibility index (Phi) is 4.76. The number of aliphatic hydroxyl groups is 3. The van der Waals surface area contributed by atoms with E-state index >= 15 is 0 Å². The summed E-state index contributed by atoms with van der Waals surface area (Å²) in [5.74, 6) is 0. The highest BCUT2D eigenvalue weighted by atomic mass is 16.4. The summed E-state index contributed by atoms with van der Waals surface area (Å²) in [6.45, 7) is 3.65. The fourth-order valence-corrected chi connectivity index (χ4v) is 2.27. The van der Waals surface area contributed by atoms with E-state index in [1.165, 1.54) is 0 Å². The van der Waals surface area contributed by atoms with Gasteiger partial charge in [-0.2, -0.15) is 0 Å². The number of rotatable bonds is 4. The van der Waals surface area contributed by atoms with Crippen LogP contribution in [0, 0.1) is 0 Å². The van der Waals surface area contributed by atoms with Crippen LogP contribution < -0.4 is 4.90 Å². The normalized spacial score (nSPS) is 20.3. The van der Waals surface area contributed by atoms with Crippen LogP contribution in [0.3, 0.4) is 0 Å². The Bertz CT molecular complexity index is 388. The van der Waals surface area contributed by atoms with Crippen LogP contribution in [0.4, 0.5) is 5.69 Å². The smallest absolute Gasteiger partial charge is 0.107 e. The molecule has 3 N–H and O–H groups in total. The SMILES string of the molecule is CN1CCN(c2ccc(C(O)C(O)CO)cc2)CC1. The Balaban J connectivity index is 2.02. The Morgan fingerprint density at radius 1 is 1.05 bits per heavy atom. The maximum atomic E-state index is 9.79. The zero-order valence-corrected chi connectivity index (χ0v) is 11.2. The van der Waals surface area contributed by atoms with Crippen LogP contribution >= 0.6 is 0 Å².